The van der Waals surface area contributed by atoms with Crippen LogP contribution in [0.4, 0.5) is 13.2 Å². The van der Waals surface area contributed by atoms with Crippen molar-refractivity contribution in [1.82, 2.24) is 4.98 Å². The average Bonchev–Trinajstić information content (AvgIpc) is 2.03. The van der Waals surface area contributed by atoms with Crippen LogP contribution in [0, 0.1) is 0 Å². The predicted molar refractivity (Wildman–Crippen MR) is 37.1 cm³/mol. The molecule has 0 radical (unpaired) electrons. The van der Waals surface area contributed by atoms with Crippen molar-refractivity contribution in [2.24, 2.45) is 5.73 Å². The van der Waals surface area contributed by atoms with Gasteiger partial charge in [-0.3, -0.25) is 4.98 Å². The van der Waals surface area contributed by atoms with Gasteiger partial charge in [0.2, 0.25) is 0 Å². The fourth-order valence-electron chi connectivity index (χ4n) is 0.702. The Hall–Kier alpha value is -1.10. The average molecular weight is 177 g/mol. The minimum Gasteiger partial charge on any atom is -0.326 e. The summed E-state index contributed by atoms with van der Waals surface area (Å²) < 4.78 is 43.4. The van der Waals surface area contributed by atoms with Gasteiger partial charge in [-0.05, 0) is 11.6 Å². The first kappa shape index (κ1) is 7.54. The van der Waals surface area contributed by atoms with Crippen LogP contribution in [0.5, 0.6) is 0 Å². The summed E-state index contributed by atoms with van der Waals surface area (Å²) in [7, 11) is 0. The van der Waals surface area contributed by atoms with E-state index in [1.807, 2.05) is 0 Å². The van der Waals surface area contributed by atoms with Gasteiger partial charge in [0.05, 0.1) is 6.93 Å². The Morgan fingerprint density at radius 3 is 2.75 bits per heavy atom. The third-order valence-corrected chi connectivity index (χ3v) is 1.29. The lowest BCUT2D eigenvalue weighted by Crippen LogP contribution is -2.07. The minimum atomic E-state index is -4.43. The first-order chi connectivity index (χ1) is 5.95. The molecule has 0 saturated carbocycles. The smallest absolute Gasteiger partial charge is 0.326 e. The SMILES string of the molecule is [2H]c1ncc(C(F)(F)F)cc1CN. The summed E-state index contributed by atoms with van der Waals surface area (Å²) in [5.74, 6) is 0. The highest BCUT2D eigenvalue weighted by Crippen LogP contribution is 2.28. The van der Waals surface area contributed by atoms with E-state index in [-0.39, 0.29) is 18.3 Å². The molecule has 1 rings (SSSR count). The highest BCUT2D eigenvalue weighted by Gasteiger charge is 2.30. The number of aromatic nitrogens is 1. The van der Waals surface area contributed by atoms with Crippen LogP contribution < -0.4 is 5.73 Å². The van der Waals surface area contributed by atoms with Gasteiger partial charge in [0, 0.05) is 18.9 Å². The van der Waals surface area contributed by atoms with Crippen LogP contribution in [-0.2, 0) is 12.7 Å². The van der Waals surface area contributed by atoms with Gasteiger partial charge in [0.1, 0.15) is 0 Å². The van der Waals surface area contributed by atoms with E-state index in [0.29, 0.717) is 6.20 Å². The standard InChI is InChI=1S/C7H7F3N2/c8-7(9,10)6-1-5(2-11)3-12-4-6/h1,3-4H,2,11H2/i3D. The molecule has 0 saturated heterocycles. The summed E-state index contributed by atoms with van der Waals surface area (Å²) in [5.41, 5.74) is 4.36. The Balaban J connectivity index is 3.14. The zero-order valence-electron chi connectivity index (χ0n) is 7.02. The van der Waals surface area contributed by atoms with Gasteiger partial charge in [0.15, 0.2) is 0 Å². The minimum absolute atomic E-state index is 0.0924. The molecule has 0 fully saturated rings. The Labute approximate surface area is 68.6 Å². The van der Waals surface area contributed by atoms with Crippen LogP contribution in [0.3, 0.4) is 0 Å². The largest absolute Gasteiger partial charge is 0.417 e. The highest BCUT2D eigenvalue weighted by atomic mass is 19.4. The first-order valence-electron chi connectivity index (χ1n) is 3.68. The number of halogens is 3. The molecule has 0 aromatic carbocycles. The van der Waals surface area contributed by atoms with Gasteiger partial charge in [-0.2, -0.15) is 13.2 Å². The summed E-state index contributed by atoms with van der Waals surface area (Å²) >= 11 is 0. The van der Waals surface area contributed by atoms with E-state index >= 15 is 0 Å². The van der Waals surface area contributed by atoms with Gasteiger partial charge < -0.3 is 5.73 Å². The van der Waals surface area contributed by atoms with Gasteiger partial charge in [-0.1, -0.05) is 0 Å². The van der Waals surface area contributed by atoms with Crippen molar-refractivity contribution >= 4 is 0 Å². The van der Waals surface area contributed by atoms with E-state index < -0.39 is 11.7 Å². The van der Waals surface area contributed by atoms with E-state index in [4.69, 9.17) is 7.10 Å². The van der Waals surface area contributed by atoms with Crippen LogP contribution in [0.25, 0.3) is 0 Å². The summed E-state index contributed by atoms with van der Waals surface area (Å²) in [4.78, 5) is 3.28. The summed E-state index contributed by atoms with van der Waals surface area (Å²) in [6.07, 6.45) is -4.01. The fourth-order valence-corrected chi connectivity index (χ4v) is 0.702. The second-order valence-corrected chi connectivity index (χ2v) is 2.20. The molecule has 1 heterocycles. The van der Waals surface area contributed by atoms with E-state index in [9.17, 15) is 13.2 Å². The molecular weight excluding hydrogens is 169 g/mol. The normalized spacial score (nSPS) is 12.8. The highest BCUT2D eigenvalue weighted by molar-refractivity contribution is 5.20. The molecule has 0 amide bonds. The van der Waals surface area contributed by atoms with Crippen LogP contribution in [0.2, 0.25) is 0 Å². The Bertz CT molecular complexity index is 311. The molecule has 0 aliphatic heterocycles. The number of alkyl halides is 3. The van der Waals surface area contributed by atoms with Crippen molar-refractivity contribution in [3.63, 3.8) is 0 Å². The number of hydrogen-bond donors (Lipinski definition) is 1. The molecule has 1 aromatic heterocycles. The van der Waals surface area contributed by atoms with Gasteiger partial charge in [0.25, 0.3) is 0 Å². The number of pyridine rings is 1. The van der Waals surface area contributed by atoms with E-state index in [1.54, 1.807) is 0 Å². The fraction of sp³-hybridized carbons (Fsp3) is 0.286. The maximum atomic E-state index is 12.1. The molecule has 2 N–H and O–H groups in total. The van der Waals surface area contributed by atoms with Gasteiger partial charge in [-0.15, -0.1) is 0 Å². The van der Waals surface area contributed by atoms with Crippen molar-refractivity contribution in [1.29, 1.82) is 0 Å². The quantitative estimate of drug-likeness (QED) is 0.706. The van der Waals surface area contributed by atoms with Crippen molar-refractivity contribution < 1.29 is 14.5 Å². The molecule has 0 bridgehead atoms. The van der Waals surface area contributed by atoms with Crippen LogP contribution in [0.1, 0.15) is 12.5 Å². The van der Waals surface area contributed by atoms with Gasteiger partial charge in [-0.25, -0.2) is 0 Å². The summed E-state index contributed by atoms with van der Waals surface area (Å²) in [6.45, 7) is -0.115. The lowest BCUT2D eigenvalue weighted by atomic mass is 10.2. The maximum Gasteiger partial charge on any atom is 0.417 e. The van der Waals surface area contributed by atoms with Crippen molar-refractivity contribution in [3.8, 4) is 0 Å². The van der Waals surface area contributed by atoms with Crippen molar-refractivity contribution in [3.05, 3.63) is 29.6 Å². The molecule has 0 atom stereocenters. The second-order valence-electron chi connectivity index (χ2n) is 2.20. The van der Waals surface area contributed by atoms with E-state index in [1.165, 1.54) is 0 Å². The van der Waals surface area contributed by atoms with Crippen molar-refractivity contribution in [2.75, 3.05) is 0 Å². The molecule has 66 valence electrons. The lowest BCUT2D eigenvalue weighted by Gasteiger charge is -2.06. The van der Waals surface area contributed by atoms with Crippen LogP contribution >= 0.6 is 0 Å². The number of rotatable bonds is 1. The Kier molecular flexibility index (Phi) is 1.95. The first-order valence-corrected chi connectivity index (χ1v) is 3.18. The zero-order chi connectivity index (χ0) is 10.1. The van der Waals surface area contributed by atoms with Crippen LogP contribution in [0.15, 0.2) is 18.4 Å². The lowest BCUT2D eigenvalue weighted by molar-refractivity contribution is -0.137. The topological polar surface area (TPSA) is 38.9 Å². The Morgan fingerprint density at radius 2 is 2.25 bits per heavy atom. The van der Waals surface area contributed by atoms with E-state index in [0.717, 1.165) is 6.07 Å². The number of hydrogen-bond acceptors (Lipinski definition) is 2. The van der Waals surface area contributed by atoms with Gasteiger partial charge >= 0.3 is 6.18 Å². The summed E-state index contributed by atoms with van der Waals surface area (Å²) in [5, 5.41) is 0. The molecule has 0 unspecified atom stereocenters. The Morgan fingerprint density at radius 1 is 1.58 bits per heavy atom. The number of nitrogens with two attached hydrogens (primary N) is 1. The molecule has 5 heteroatoms. The molecule has 0 aliphatic carbocycles. The van der Waals surface area contributed by atoms with Crippen LogP contribution in [-0.4, -0.2) is 4.98 Å². The van der Waals surface area contributed by atoms with Crippen molar-refractivity contribution in [2.45, 2.75) is 12.7 Å². The monoisotopic (exact) mass is 177 g/mol. The third kappa shape index (κ3) is 1.94. The zero-order valence-corrected chi connectivity index (χ0v) is 6.02. The second kappa shape index (κ2) is 3.10. The van der Waals surface area contributed by atoms with E-state index in [2.05, 4.69) is 4.98 Å². The molecule has 0 aliphatic rings. The molecule has 2 nitrogen and oxygen atoms in total. The maximum absolute atomic E-state index is 12.1. The molecule has 0 spiro atoms. The molecule has 1 aromatic rings. The number of nitrogens with zero attached hydrogens (tertiary/aromatic N) is 1. The molecular formula is C7H7F3N2. The summed E-state index contributed by atoms with van der Waals surface area (Å²) in [6, 6.07) is 0.843. The third-order valence-electron chi connectivity index (χ3n) is 1.29. The predicted octanol–water partition coefficient (Wildman–Crippen LogP) is 1.56. The molecule has 12 heavy (non-hydrogen) atoms.